The maximum atomic E-state index is 11.6. The van der Waals surface area contributed by atoms with E-state index < -0.39 is 0 Å². The molecule has 5 nitrogen and oxygen atoms in total. The van der Waals surface area contributed by atoms with E-state index in [9.17, 15) is 9.59 Å². The Hall–Kier alpha value is -1.11. The number of hydrogen-bond acceptors (Lipinski definition) is 3. The van der Waals surface area contributed by atoms with Gasteiger partial charge >= 0.3 is 0 Å². The molecule has 1 rings (SSSR count). The van der Waals surface area contributed by atoms with E-state index in [1.807, 2.05) is 31.2 Å². The van der Waals surface area contributed by atoms with Crippen molar-refractivity contribution in [3.05, 3.63) is 34.3 Å². The van der Waals surface area contributed by atoms with E-state index in [1.165, 1.54) is 0 Å². The van der Waals surface area contributed by atoms with Crippen molar-refractivity contribution in [3.8, 4) is 0 Å². The molecule has 0 aliphatic heterocycles. The normalized spacial score (nSPS) is 11.2. The average Bonchev–Trinajstić information content (AvgIpc) is 2.38. The van der Waals surface area contributed by atoms with E-state index in [1.54, 1.807) is 0 Å². The summed E-state index contributed by atoms with van der Waals surface area (Å²) in [5.41, 5.74) is 6.26. The fraction of sp³-hybridized carbons (Fsp3) is 0.385. The minimum atomic E-state index is -0.339. The van der Waals surface area contributed by atoms with Gasteiger partial charge in [-0.2, -0.15) is 0 Å². The van der Waals surface area contributed by atoms with Gasteiger partial charge in [0.25, 0.3) is 0 Å². The molecule has 20 heavy (non-hydrogen) atoms. The lowest BCUT2D eigenvalue weighted by molar-refractivity contribution is -0.125. The summed E-state index contributed by atoms with van der Waals surface area (Å²) in [4.78, 5) is 22.5. The summed E-state index contributed by atoms with van der Waals surface area (Å²) in [6, 6.07) is 7.85. The first-order valence-electron chi connectivity index (χ1n) is 6.02. The molecule has 1 aromatic rings. The maximum Gasteiger partial charge on any atom is 0.239 e. The monoisotopic (exact) mass is 363 g/mol. The van der Waals surface area contributed by atoms with Crippen LogP contribution < -0.4 is 16.4 Å². The highest BCUT2D eigenvalue weighted by Gasteiger charge is 2.10. The molecule has 2 amide bonds. The van der Waals surface area contributed by atoms with Crippen LogP contribution in [0.25, 0.3) is 0 Å². The number of nitrogens with one attached hydrogen (secondary N) is 2. The van der Waals surface area contributed by atoms with E-state index in [4.69, 9.17) is 5.73 Å². The molecule has 7 heteroatoms. The smallest absolute Gasteiger partial charge is 0.239 e. The Bertz CT molecular complexity index is 457. The Morgan fingerprint density at radius 1 is 1.30 bits per heavy atom. The van der Waals surface area contributed by atoms with Crippen molar-refractivity contribution in [2.75, 3.05) is 13.1 Å². The van der Waals surface area contributed by atoms with Crippen molar-refractivity contribution in [1.82, 2.24) is 10.6 Å². The molecule has 0 saturated heterocycles. The molecule has 4 N–H and O–H groups in total. The fourth-order valence-electron chi connectivity index (χ4n) is 1.62. The fourth-order valence-corrected chi connectivity index (χ4v) is 2.07. The van der Waals surface area contributed by atoms with Crippen LogP contribution in [-0.2, 0) is 16.0 Å². The van der Waals surface area contributed by atoms with Crippen LogP contribution in [0.5, 0.6) is 0 Å². The predicted octanol–water partition coefficient (Wildman–Crippen LogP) is 0.993. The number of halogens is 2. The van der Waals surface area contributed by atoms with Gasteiger partial charge < -0.3 is 16.4 Å². The van der Waals surface area contributed by atoms with Gasteiger partial charge in [-0.3, -0.25) is 9.59 Å². The lowest BCUT2D eigenvalue weighted by Gasteiger charge is -2.15. The third kappa shape index (κ3) is 6.88. The lowest BCUT2D eigenvalue weighted by atomic mass is 10.1. The van der Waals surface area contributed by atoms with Gasteiger partial charge in [0.05, 0.1) is 13.1 Å². The summed E-state index contributed by atoms with van der Waals surface area (Å²) < 4.78 is 1.02. The van der Waals surface area contributed by atoms with E-state index >= 15 is 0 Å². The molecule has 0 bridgehead atoms. The number of nitrogens with two attached hydrogens (primary N) is 1. The number of benzene rings is 1. The summed E-state index contributed by atoms with van der Waals surface area (Å²) in [7, 11) is 0. The second-order valence-electron chi connectivity index (χ2n) is 4.24. The van der Waals surface area contributed by atoms with Crippen LogP contribution >= 0.6 is 28.3 Å². The van der Waals surface area contributed by atoms with Crippen LogP contribution in [0, 0.1) is 0 Å². The van der Waals surface area contributed by atoms with Gasteiger partial charge in [-0.25, -0.2) is 0 Å². The second-order valence-corrected chi connectivity index (χ2v) is 5.10. The van der Waals surface area contributed by atoms with Crippen LogP contribution in [-0.4, -0.2) is 30.9 Å². The van der Waals surface area contributed by atoms with Crippen molar-refractivity contribution in [2.45, 2.75) is 19.4 Å². The van der Waals surface area contributed by atoms with Crippen molar-refractivity contribution in [3.63, 3.8) is 0 Å². The molecular weight excluding hydrogens is 346 g/mol. The number of hydrogen-bond donors (Lipinski definition) is 3. The molecule has 112 valence electrons. The summed E-state index contributed by atoms with van der Waals surface area (Å²) >= 11 is 3.47. The molecule has 1 aromatic carbocycles. The van der Waals surface area contributed by atoms with Gasteiger partial charge in [0.2, 0.25) is 11.8 Å². The summed E-state index contributed by atoms with van der Waals surface area (Å²) in [5, 5.41) is 5.25. The molecule has 0 radical (unpaired) electrons. The first kappa shape index (κ1) is 18.9. The maximum absolute atomic E-state index is 11.6. The van der Waals surface area contributed by atoms with Gasteiger partial charge in [-0.05, 0) is 25.0 Å². The third-order valence-corrected chi connectivity index (χ3v) is 3.30. The molecule has 0 spiro atoms. The van der Waals surface area contributed by atoms with Crippen molar-refractivity contribution < 1.29 is 9.59 Å². The van der Waals surface area contributed by atoms with Crippen LogP contribution in [0.2, 0.25) is 0 Å². The van der Waals surface area contributed by atoms with E-state index in [0.29, 0.717) is 0 Å². The summed E-state index contributed by atoms with van der Waals surface area (Å²) in [6.07, 6.45) is 0.720. The highest BCUT2D eigenvalue weighted by Crippen LogP contribution is 2.17. The first-order valence-corrected chi connectivity index (χ1v) is 6.81. The second kappa shape index (κ2) is 9.74. The number of carbonyl (C=O) groups is 2. The topological polar surface area (TPSA) is 84.2 Å². The third-order valence-electron chi connectivity index (χ3n) is 2.52. The SMILES string of the molecule is CC(Cc1ccccc1Br)NC(=O)CNC(=O)CN.Cl. The van der Waals surface area contributed by atoms with Crippen molar-refractivity contribution in [2.24, 2.45) is 5.73 Å². The zero-order valence-electron chi connectivity index (χ0n) is 11.2. The van der Waals surface area contributed by atoms with Gasteiger partial charge in [-0.1, -0.05) is 34.1 Å². The van der Waals surface area contributed by atoms with Gasteiger partial charge in [0.1, 0.15) is 0 Å². The highest BCUT2D eigenvalue weighted by molar-refractivity contribution is 9.10. The Morgan fingerprint density at radius 3 is 2.55 bits per heavy atom. The number of rotatable bonds is 6. The standard InChI is InChI=1S/C13H18BrN3O2.ClH/c1-9(6-10-4-2-3-5-11(10)14)17-13(19)8-16-12(18)7-15;/h2-5,9H,6-8,15H2,1H3,(H,16,18)(H,17,19);1H. The molecule has 1 unspecified atom stereocenters. The average molecular weight is 365 g/mol. The van der Waals surface area contributed by atoms with Gasteiger partial charge in [-0.15, -0.1) is 12.4 Å². The quantitative estimate of drug-likeness (QED) is 0.704. The molecule has 0 aromatic heterocycles. The predicted molar refractivity (Wildman–Crippen MR) is 84.8 cm³/mol. The Labute approximate surface area is 133 Å². The minimum Gasteiger partial charge on any atom is -0.352 e. The first-order chi connectivity index (χ1) is 9.02. The lowest BCUT2D eigenvalue weighted by Crippen LogP contribution is -2.43. The largest absolute Gasteiger partial charge is 0.352 e. The molecule has 1 atom stereocenters. The minimum absolute atomic E-state index is 0. The Morgan fingerprint density at radius 2 is 1.95 bits per heavy atom. The van der Waals surface area contributed by atoms with E-state index in [-0.39, 0.29) is 43.4 Å². The van der Waals surface area contributed by atoms with Crippen molar-refractivity contribution in [1.29, 1.82) is 0 Å². The summed E-state index contributed by atoms with van der Waals surface area (Å²) in [5.74, 6) is -0.560. The Kier molecular flexibility index (Phi) is 9.20. The number of carbonyl (C=O) groups excluding carboxylic acids is 2. The zero-order chi connectivity index (χ0) is 14.3. The Balaban J connectivity index is 0.00000361. The molecule has 0 heterocycles. The number of amides is 2. The van der Waals surface area contributed by atoms with Crippen LogP contribution in [0.1, 0.15) is 12.5 Å². The van der Waals surface area contributed by atoms with E-state index in [0.717, 1.165) is 16.5 Å². The zero-order valence-corrected chi connectivity index (χ0v) is 13.6. The van der Waals surface area contributed by atoms with Crippen molar-refractivity contribution >= 4 is 40.2 Å². The van der Waals surface area contributed by atoms with Crippen LogP contribution in [0.3, 0.4) is 0 Å². The van der Waals surface area contributed by atoms with Crippen LogP contribution in [0.15, 0.2) is 28.7 Å². The van der Waals surface area contributed by atoms with Crippen LogP contribution in [0.4, 0.5) is 0 Å². The molecule has 0 fully saturated rings. The molecule has 0 aliphatic carbocycles. The summed E-state index contributed by atoms with van der Waals surface area (Å²) in [6.45, 7) is 1.76. The molecule has 0 aliphatic rings. The van der Waals surface area contributed by atoms with Gasteiger partial charge in [0, 0.05) is 10.5 Å². The van der Waals surface area contributed by atoms with Gasteiger partial charge in [0.15, 0.2) is 0 Å². The highest BCUT2D eigenvalue weighted by atomic mass is 79.9. The van der Waals surface area contributed by atoms with E-state index in [2.05, 4.69) is 26.6 Å². The molecule has 0 saturated carbocycles. The molecular formula is C13H19BrClN3O2.